The van der Waals surface area contributed by atoms with Crippen LogP contribution in [0.15, 0.2) is 54.6 Å². The number of nitrogens with two attached hydrogens (primary N) is 1. The predicted octanol–water partition coefficient (Wildman–Crippen LogP) is 7.49. The normalized spacial score (nSPS) is 13.2. The van der Waals surface area contributed by atoms with Crippen molar-refractivity contribution in [3.63, 3.8) is 0 Å². The average Bonchev–Trinajstić information content (AvgIpc) is 2.77. The summed E-state index contributed by atoms with van der Waals surface area (Å²) in [6, 6.07) is 19.2. The van der Waals surface area contributed by atoms with Crippen LogP contribution in [0.3, 0.4) is 0 Å². The third kappa shape index (κ3) is 9.80. The summed E-state index contributed by atoms with van der Waals surface area (Å²) in [6.45, 7) is 2.28. The van der Waals surface area contributed by atoms with E-state index in [0.717, 1.165) is 37.9 Å². The first-order valence-electron chi connectivity index (χ1n) is 12.1. The van der Waals surface area contributed by atoms with E-state index in [1.807, 2.05) is 0 Å². The number of ether oxygens (including phenoxy) is 1. The van der Waals surface area contributed by atoms with Gasteiger partial charge in [0.25, 0.3) is 0 Å². The van der Waals surface area contributed by atoms with Crippen LogP contribution in [-0.4, -0.2) is 12.6 Å². The molecule has 2 N–H and O–H groups in total. The Hall–Kier alpha value is -1.80. The van der Waals surface area contributed by atoms with Crippen molar-refractivity contribution in [2.45, 2.75) is 95.9 Å². The maximum Gasteiger partial charge on any atom is 0.118 e. The highest BCUT2D eigenvalue weighted by Crippen LogP contribution is 2.25. The lowest BCUT2D eigenvalue weighted by Crippen LogP contribution is -2.42. The van der Waals surface area contributed by atoms with Crippen molar-refractivity contribution in [2.75, 3.05) is 7.11 Å². The van der Waals surface area contributed by atoms with Crippen molar-refractivity contribution >= 4 is 0 Å². The van der Waals surface area contributed by atoms with Gasteiger partial charge in [0.15, 0.2) is 0 Å². The van der Waals surface area contributed by atoms with Crippen LogP contribution < -0.4 is 10.5 Å². The van der Waals surface area contributed by atoms with Gasteiger partial charge < -0.3 is 10.5 Å². The highest BCUT2D eigenvalue weighted by atomic mass is 16.5. The largest absolute Gasteiger partial charge is 0.497 e. The zero-order chi connectivity index (χ0) is 21.5. The molecule has 1 atom stereocenters. The summed E-state index contributed by atoms with van der Waals surface area (Å²) in [5.41, 5.74) is 9.63. The lowest BCUT2D eigenvalue weighted by molar-refractivity contribution is 0.337. The van der Waals surface area contributed by atoms with Crippen LogP contribution in [0.2, 0.25) is 0 Å². The summed E-state index contributed by atoms with van der Waals surface area (Å²) in [5, 5.41) is 0. The van der Waals surface area contributed by atoms with Crippen molar-refractivity contribution in [2.24, 2.45) is 5.73 Å². The van der Waals surface area contributed by atoms with Crippen molar-refractivity contribution < 1.29 is 4.74 Å². The predicted molar refractivity (Wildman–Crippen MR) is 130 cm³/mol. The molecule has 0 unspecified atom stereocenters. The number of methoxy groups -OCH3 is 1. The van der Waals surface area contributed by atoms with E-state index in [1.165, 1.54) is 62.5 Å². The van der Waals surface area contributed by atoms with Gasteiger partial charge in [-0.15, -0.1) is 0 Å². The lowest BCUT2D eigenvalue weighted by Gasteiger charge is -2.30. The zero-order valence-electron chi connectivity index (χ0n) is 19.4. The molecule has 0 aliphatic carbocycles. The first-order chi connectivity index (χ1) is 14.6. The first-order valence-corrected chi connectivity index (χ1v) is 12.1. The molecule has 0 heterocycles. The standard InChI is InChI=1S/C28H43NO/c1-3-4-5-6-7-8-9-13-22-28(29,24-26-15-11-10-12-16-26)23-14-17-25-18-20-27(30-2)21-19-25/h10-12,15-16,18-21H,3-9,13-14,17,22-24,29H2,1-2H3/t28-/m1/s1. The Labute approximate surface area is 185 Å². The molecule has 0 aliphatic rings. The molecule has 0 fully saturated rings. The molecule has 0 amide bonds. The quantitative estimate of drug-likeness (QED) is 0.291. The summed E-state index contributed by atoms with van der Waals surface area (Å²) in [6.07, 6.45) is 16.2. The molecule has 0 bridgehead atoms. The van der Waals surface area contributed by atoms with Gasteiger partial charge in [-0.05, 0) is 55.4 Å². The van der Waals surface area contributed by atoms with Gasteiger partial charge in [0.1, 0.15) is 5.75 Å². The molecule has 2 nitrogen and oxygen atoms in total. The molecule has 0 radical (unpaired) electrons. The van der Waals surface area contributed by atoms with Crippen molar-refractivity contribution in [1.82, 2.24) is 0 Å². The van der Waals surface area contributed by atoms with E-state index in [9.17, 15) is 0 Å². The maximum absolute atomic E-state index is 7.00. The fraction of sp³-hybridized carbons (Fsp3) is 0.571. The molecule has 30 heavy (non-hydrogen) atoms. The maximum atomic E-state index is 7.00. The molecule has 0 saturated carbocycles. The van der Waals surface area contributed by atoms with Crippen molar-refractivity contribution in [1.29, 1.82) is 0 Å². The van der Waals surface area contributed by atoms with Gasteiger partial charge >= 0.3 is 0 Å². The topological polar surface area (TPSA) is 35.2 Å². The minimum Gasteiger partial charge on any atom is -0.497 e. The van der Waals surface area contributed by atoms with Crippen LogP contribution in [0.5, 0.6) is 5.75 Å². The molecule has 2 aromatic rings. The van der Waals surface area contributed by atoms with Crippen LogP contribution in [0.4, 0.5) is 0 Å². The van der Waals surface area contributed by atoms with Crippen LogP contribution in [0.25, 0.3) is 0 Å². The van der Waals surface area contributed by atoms with Crippen molar-refractivity contribution in [3.05, 3.63) is 65.7 Å². The first kappa shape index (κ1) is 24.5. The molecule has 166 valence electrons. The minimum atomic E-state index is -0.101. The molecule has 2 rings (SSSR count). The van der Waals surface area contributed by atoms with Crippen LogP contribution in [0, 0.1) is 0 Å². The van der Waals surface area contributed by atoms with E-state index in [2.05, 4.69) is 61.5 Å². The summed E-state index contributed by atoms with van der Waals surface area (Å²) in [7, 11) is 1.71. The molecule has 2 heteroatoms. The Bertz CT molecular complexity index is 667. The molecule has 0 aliphatic heterocycles. The average molecular weight is 410 g/mol. The van der Waals surface area contributed by atoms with E-state index in [0.29, 0.717) is 0 Å². The third-order valence-electron chi connectivity index (χ3n) is 6.23. The Morgan fingerprint density at radius 3 is 1.93 bits per heavy atom. The molecule has 2 aromatic carbocycles. The van der Waals surface area contributed by atoms with Gasteiger partial charge in [-0.25, -0.2) is 0 Å². The van der Waals surface area contributed by atoms with Gasteiger partial charge in [0.2, 0.25) is 0 Å². The summed E-state index contributed by atoms with van der Waals surface area (Å²) < 4.78 is 5.27. The number of unbranched alkanes of at least 4 members (excludes halogenated alkanes) is 7. The van der Waals surface area contributed by atoms with Gasteiger partial charge in [0, 0.05) is 5.54 Å². The second kappa shape index (κ2) is 14.2. The van der Waals surface area contributed by atoms with E-state index in [1.54, 1.807) is 7.11 Å². The van der Waals surface area contributed by atoms with Gasteiger partial charge in [-0.3, -0.25) is 0 Å². The van der Waals surface area contributed by atoms with Crippen LogP contribution in [0.1, 0.15) is 88.7 Å². The highest BCUT2D eigenvalue weighted by molar-refractivity contribution is 5.27. The Balaban J connectivity index is 1.80. The second-order valence-electron chi connectivity index (χ2n) is 8.95. The lowest BCUT2D eigenvalue weighted by atomic mass is 9.82. The number of benzene rings is 2. The molecular weight excluding hydrogens is 366 g/mol. The van der Waals surface area contributed by atoms with Crippen LogP contribution in [-0.2, 0) is 12.8 Å². The van der Waals surface area contributed by atoms with Gasteiger partial charge in [-0.2, -0.15) is 0 Å². The molecule has 0 spiro atoms. The molecule has 0 saturated heterocycles. The molecular formula is C28H43NO. The molecule has 0 aromatic heterocycles. The number of hydrogen-bond acceptors (Lipinski definition) is 2. The summed E-state index contributed by atoms with van der Waals surface area (Å²) in [5.74, 6) is 0.922. The highest BCUT2D eigenvalue weighted by Gasteiger charge is 2.24. The van der Waals surface area contributed by atoms with E-state index in [4.69, 9.17) is 10.5 Å². The number of hydrogen-bond donors (Lipinski definition) is 1. The van der Waals surface area contributed by atoms with E-state index < -0.39 is 0 Å². The fourth-order valence-corrected chi connectivity index (χ4v) is 4.35. The zero-order valence-corrected chi connectivity index (χ0v) is 19.4. The fourth-order valence-electron chi connectivity index (χ4n) is 4.35. The smallest absolute Gasteiger partial charge is 0.118 e. The summed E-state index contributed by atoms with van der Waals surface area (Å²) in [4.78, 5) is 0. The Morgan fingerprint density at radius 1 is 0.700 bits per heavy atom. The number of aryl methyl sites for hydroxylation is 1. The van der Waals surface area contributed by atoms with Crippen molar-refractivity contribution in [3.8, 4) is 5.75 Å². The van der Waals surface area contributed by atoms with Gasteiger partial charge in [-0.1, -0.05) is 101 Å². The van der Waals surface area contributed by atoms with Crippen LogP contribution >= 0.6 is 0 Å². The van der Waals surface area contributed by atoms with E-state index in [-0.39, 0.29) is 5.54 Å². The third-order valence-corrected chi connectivity index (χ3v) is 6.23. The Kier molecular flexibility index (Phi) is 11.6. The minimum absolute atomic E-state index is 0.101. The van der Waals surface area contributed by atoms with E-state index >= 15 is 0 Å². The Morgan fingerprint density at radius 2 is 1.30 bits per heavy atom. The SMILES string of the molecule is CCCCCCCCCC[C@@](N)(CCCc1ccc(OC)cc1)Cc1ccccc1. The second-order valence-corrected chi connectivity index (χ2v) is 8.95. The monoisotopic (exact) mass is 409 g/mol. The van der Waals surface area contributed by atoms with Gasteiger partial charge in [0.05, 0.1) is 7.11 Å². The summed E-state index contributed by atoms with van der Waals surface area (Å²) >= 11 is 0. The number of rotatable bonds is 16.